The van der Waals surface area contributed by atoms with Crippen molar-refractivity contribution in [1.29, 1.82) is 0 Å². The maximum absolute atomic E-state index is 11.4. The van der Waals surface area contributed by atoms with E-state index in [1.807, 2.05) is 13.8 Å². The zero-order valence-corrected chi connectivity index (χ0v) is 13.4. The predicted octanol–water partition coefficient (Wildman–Crippen LogP) is -0.198. The second-order valence-electron chi connectivity index (χ2n) is 5.55. The van der Waals surface area contributed by atoms with Gasteiger partial charge in [0.1, 0.15) is 6.10 Å². The second-order valence-corrected chi connectivity index (χ2v) is 5.55. The van der Waals surface area contributed by atoms with Crippen LogP contribution in [0.3, 0.4) is 0 Å². The molecule has 0 spiro atoms. The summed E-state index contributed by atoms with van der Waals surface area (Å²) in [6, 6.07) is 0. The van der Waals surface area contributed by atoms with Gasteiger partial charge in [0.15, 0.2) is 12.2 Å². The summed E-state index contributed by atoms with van der Waals surface area (Å²) >= 11 is 0. The van der Waals surface area contributed by atoms with Gasteiger partial charge in [-0.05, 0) is 19.8 Å². The molecule has 0 aromatic carbocycles. The summed E-state index contributed by atoms with van der Waals surface area (Å²) in [5.74, 6) is -2.49. The van der Waals surface area contributed by atoms with Gasteiger partial charge in [0.2, 0.25) is 0 Å². The summed E-state index contributed by atoms with van der Waals surface area (Å²) in [4.78, 5) is 21.9. The monoisotopic (exact) mass is 322 g/mol. The average Bonchev–Trinajstić information content (AvgIpc) is 2.42. The van der Waals surface area contributed by atoms with Crippen LogP contribution in [0.25, 0.3) is 0 Å². The van der Waals surface area contributed by atoms with Crippen molar-refractivity contribution in [2.75, 3.05) is 19.8 Å². The third kappa shape index (κ3) is 8.93. The normalized spacial score (nSPS) is 16.9. The van der Waals surface area contributed by atoms with Crippen molar-refractivity contribution in [2.45, 2.75) is 52.1 Å². The fourth-order valence-corrected chi connectivity index (χ4v) is 1.38. The molecule has 0 aromatic heterocycles. The van der Waals surface area contributed by atoms with E-state index in [0.717, 1.165) is 0 Å². The molecule has 4 unspecified atom stereocenters. The number of carbonyl (C=O) groups excluding carboxylic acids is 1. The number of rotatable bonds is 11. The first-order chi connectivity index (χ1) is 10.1. The van der Waals surface area contributed by atoms with E-state index in [9.17, 15) is 14.7 Å². The van der Waals surface area contributed by atoms with Crippen LogP contribution in [0, 0.1) is 5.92 Å². The van der Waals surface area contributed by atoms with Crippen molar-refractivity contribution >= 4 is 11.9 Å². The molecule has 0 aliphatic rings. The van der Waals surface area contributed by atoms with Crippen LogP contribution >= 0.6 is 0 Å². The maximum atomic E-state index is 11.4. The summed E-state index contributed by atoms with van der Waals surface area (Å²) in [5, 5.41) is 26.8. The fraction of sp³-hybridized carbons (Fsp3) is 0.857. The van der Waals surface area contributed by atoms with Crippen LogP contribution in [0.1, 0.15) is 27.7 Å². The van der Waals surface area contributed by atoms with Gasteiger partial charge in [0.25, 0.3) is 0 Å². The Morgan fingerprint density at radius 3 is 2.00 bits per heavy atom. The van der Waals surface area contributed by atoms with Crippen LogP contribution in [0.4, 0.5) is 0 Å². The van der Waals surface area contributed by atoms with E-state index in [1.165, 1.54) is 6.92 Å². The Morgan fingerprint density at radius 1 is 0.909 bits per heavy atom. The summed E-state index contributed by atoms with van der Waals surface area (Å²) in [6.07, 6.45) is -5.25. The van der Waals surface area contributed by atoms with Gasteiger partial charge in [-0.15, -0.1) is 0 Å². The topological polar surface area (TPSA) is 123 Å². The van der Waals surface area contributed by atoms with E-state index in [2.05, 4.69) is 0 Å². The number of aliphatic carboxylic acids is 1. The highest BCUT2D eigenvalue weighted by Crippen LogP contribution is 2.03. The van der Waals surface area contributed by atoms with E-state index >= 15 is 0 Å². The average molecular weight is 322 g/mol. The molecule has 0 heterocycles. The van der Waals surface area contributed by atoms with Gasteiger partial charge in [0.05, 0.1) is 19.3 Å². The number of hydrogen-bond acceptors (Lipinski definition) is 7. The van der Waals surface area contributed by atoms with Crippen molar-refractivity contribution in [2.24, 2.45) is 5.92 Å². The molecule has 0 saturated heterocycles. The smallest absolute Gasteiger partial charge is 0.338 e. The van der Waals surface area contributed by atoms with Crippen LogP contribution in [-0.4, -0.2) is 71.5 Å². The van der Waals surface area contributed by atoms with Crippen molar-refractivity contribution < 1.29 is 39.1 Å². The molecule has 0 amide bonds. The Kier molecular flexibility index (Phi) is 9.91. The molecule has 0 bridgehead atoms. The first-order valence-corrected chi connectivity index (χ1v) is 7.13. The number of esters is 1. The van der Waals surface area contributed by atoms with Crippen molar-refractivity contribution in [3.8, 4) is 0 Å². The summed E-state index contributed by atoms with van der Waals surface area (Å²) < 4.78 is 15.6. The molecule has 8 nitrogen and oxygen atoms in total. The first-order valence-electron chi connectivity index (χ1n) is 7.13. The lowest BCUT2D eigenvalue weighted by Gasteiger charge is -2.20. The lowest BCUT2D eigenvalue weighted by Crippen LogP contribution is -2.42. The van der Waals surface area contributed by atoms with Crippen LogP contribution in [0.15, 0.2) is 0 Å². The Morgan fingerprint density at radius 2 is 1.50 bits per heavy atom. The third-order valence-electron chi connectivity index (χ3n) is 2.53. The SMILES string of the molecule is CC(C)COCC(C)OCC(C)OC(=O)C(O)C(O)C(=O)O. The lowest BCUT2D eigenvalue weighted by molar-refractivity contribution is -0.175. The van der Waals surface area contributed by atoms with Crippen LogP contribution in [0.5, 0.6) is 0 Å². The highest BCUT2D eigenvalue weighted by Gasteiger charge is 2.32. The van der Waals surface area contributed by atoms with Gasteiger partial charge >= 0.3 is 11.9 Å². The molecule has 0 fully saturated rings. The van der Waals surface area contributed by atoms with Gasteiger partial charge in [-0.1, -0.05) is 13.8 Å². The fourth-order valence-electron chi connectivity index (χ4n) is 1.38. The Bertz CT molecular complexity index is 344. The van der Waals surface area contributed by atoms with Crippen LogP contribution in [-0.2, 0) is 23.8 Å². The molecule has 0 rings (SSSR count). The zero-order chi connectivity index (χ0) is 17.3. The molecule has 0 aliphatic carbocycles. The first kappa shape index (κ1) is 20.8. The van der Waals surface area contributed by atoms with Crippen molar-refractivity contribution in [3.63, 3.8) is 0 Å². The molecule has 22 heavy (non-hydrogen) atoms. The zero-order valence-electron chi connectivity index (χ0n) is 13.4. The maximum Gasteiger partial charge on any atom is 0.338 e. The summed E-state index contributed by atoms with van der Waals surface area (Å²) in [6.45, 7) is 8.48. The standard InChI is InChI=1S/C14H26O8/c1-8(2)5-20-6-9(3)21-7-10(4)22-14(19)12(16)11(15)13(17)18/h8-12,15-16H,5-7H2,1-4H3,(H,17,18). The highest BCUT2D eigenvalue weighted by atomic mass is 16.6. The third-order valence-corrected chi connectivity index (χ3v) is 2.53. The number of carboxylic acid groups (broad SMARTS) is 1. The van der Waals surface area contributed by atoms with Gasteiger partial charge in [0, 0.05) is 6.61 Å². The molecular formula is C14H26O8. The van der Waals surface area contributed by atoms with Gasteiger partial charge in [-0.2, -0.15) is 0 Å². The summed E-state index contributed by atoms with van der Waals surface area (Å²) in [5.41, 5.74) is 0. The van der Waals surface area contributed by atoms with E-state index < -0.39 is 30.3 Å². The quantitative estimate of drug-likeness (QED) is 0.447. The van der Waals surface area contributed by atoms with Crippen LogP contribution in [0.2, 0.25) is 0 Å². The van der Waals surface area contributed by atoms with E-state index in [0.29, 0.717) is 19.1 Å². The second kappa shape index (κ2) is 10.5. The Balaban J connectivity index is 4.00. The molecule has 0 aliphatic heterocycles. The molecule has 130 valence electrons. The number of ether oxygens (including phenoxy) is 3. The molecule has 0 aromatic rings. The van der Waals surface area contributed by atoms with Crippen molar-refractivity contribution in [1.82, 2.24) is 0 Å². The molecule has 8 heteroatoms. The Hall–Kier alpha value is -1.22. The molecule has 0 saturated carbocycles. The van der Waals surface area contributed by atoms with Gasteiger partial charge < -0.3 is 29.5 Å². The van der Waals surface area contributed by atoms with Gasteiger partial charge in [-0.25, -0.2) is 9.59 Å². The summed E-state index contributed by atoms with van der Waals surface area (Å²) in [7, 11) is 0. The highest BCUT2D eigenvalue weighted by molar-refractivity contribution is 5.84. The Labute approximate surface area is 130 Å². The van der Waals surface area contributed by atoms with E-state index in [4.69, 9.17) is 24.4 Å². The minimum Gasteiger partial charge on any atom is -0.479 e. The van der Waals surface area contributed by atoms with Gasteiger partial charge in [-0.3, -0.25) is 0 Å². The number of hydrogen-bond donors (Lipinski definition) is 3. The number of carboxylic acids is 1. The van der Waals surface area contributed by atoms with Crippen molar-refractivity contribution in [3.05, 3.63) is 0 Å². The minimum absolute atomic E-state index is 0.0633. The molecule has 0 radical (unpaired) electrons. The van der Waals surface area contributed by atoms with E-state index in [1.54, 1.807) is 6.92 Å². The predicted molar refractivity (Wildman–Crippen MR) is 76.3 cm³/mol. The molecule has 3 N–H and O–H groups in total. The number of aliphatic hydroxyl groups excluding tert-OH is 2. The largest absolute Gasteiger partial charge is 0.479 e. The lowest BCUT2D eigenvalue weighted by atomic mass is 10.2. The number of aliphatic hydroxyl groups is 2. The van der Waals surface area contributed by atoms with Crippen LogP contribution < -0.4 is 0 Å². The molecular weight excluding hydrogens is 296 g/mol. The minimum atomic E-state index is -2.22. The van der Waals surface area contributed by atoms with E-state index in [-0.39, 0.29) is 12.7 Å². The molecule has 4 atom stereocenters. The number of carbonyl (C=O) groups is 2.